The van der Waals surface area contributed by atoms with Gasteiger partial charge in [0.25, 0.3) is 0 Å². The van der Waals surface area contributed by atoms with E-state index in [1.807, 2.05) is 38.1 Å². The van der Waals surface area contributed by atoms with Crippen molar-refractivity contribution in [1.82, 2.24) is 9.97 Å². The Morgan fingerprint density at radius 2 is 1.17 bits per heavy atom. The van der Waals surface area contributed by atoms with E-state index in [4.69, 9.17) is 20.3 Å². The molecule has 0 aliphatic carbocycles. The first kappa shape index (κ1) is 33.5. The van der Waals surface area contributed by atoms with Crippen molar-refractivity contribution in [2.45, 2.75) is 52.4 Å². The smallest absolute Gasteiger partial charge is 0.219 e. The van der Waals surface area contributed by atoms with Crippen LogP contribution in [0.4, 0.5) is 0 Å². The molecule has 0 radical (unpaired) electrons. The summed E-state index contributed by atoms with van der Waals surface area (Å²) >= 11 is 0. The molecular weight excluding hydrogens is 524 g/mol. The Hall–Kier alpha value is -3.04. The lowest BCUT2D eigenvalue weighted by Crippen LogP contribution is -2.42. The monoisotopic (exact) mass is 578 g/mol. The second-order valence-electron chi connectivity index (χ2n) is 12.6. The third-order valence-electron chi connectivity index (χ3n) is 7.73. The van der Waals surface area contributed by atoms with E-state index in [1.165, 1.54) is 37.1 Å². The van der Waals surface area contributed by atoms with Gasteiger partial charge in [-0.3, -0.25) is 0 Å². The number of quaternary nitrogens is 2. The predicted octanol–water partition coefficient (Wildman–Crippen LogP) is 5.71. The van der Waals surface area contributed by atoms with Crippen molar-refractivity contribution < 1.29 is 17.8 Å². The number of nitrogens with two attached hydrogens (primary N) is 2. The molecule has 4 N–H and O–H groups in total. The van der Waals surface area contributed by atoms with E-state index >= 15 is 0 Å². The average Bonchev–Trinajstić information content (AvgIpc) is 3.52. The standard InChI is InChI=1S/C18H28N3O.C16H26N3O/c1-4-7-18-20-16-14-15(9-10-17(16)22-18)8-5-12-21(2,3)13-6-11-19;1-13-18-15-12-14(7-8-16(15)20-13)6-4-10-19(2,3)11-5-9-17/h4,7,9-10,14H,5-6,8,11-13,19H2,1-3H3;7-8,12H,4-6,9-11,17H2,1-3H3/q2*+1/b7-4+;. The van der Waals surface area contributed by atoms with Crippen LogP contribution in [0, 0.1) is 6.92 Å². The molecule has 4 aromatic rings. The van der Waals surface area contributed by atoms with E-state index in [0.29, 0.717) is 5.89 Å². The molecular formula is C34H54N6O2+2. The number of aryl methyl sites for hydroxylation is 3. The molecule has 8 nitrogen and oxygen atoms in total. The third-order valence-corrected chi connectivity index (χ3v) is 7.73. The van der Waals surface area contributed by atoms with Gasteiger partial charge in [-0.15, -0.1) is 0 Å². The Labute approximate surface area is 252 Å². The molecule has 0 aliphatic rings. The van der Waals surface area contributed by atoms with Crippen molar-refractivity contribution in [3.05, 3.63) is 65.4 Å². The van der Waals surface area contributed by atoms with Crippen molar-refractivity contribution in [3.8, 4) is 0 Å². The highest BCUT2D eigenvalue weighted by molar-refractivity contribution is 5.75. The quantitative estimate of drug-likeness (QED) is 0.175. The summed E-state index contributed by atoms with van der Waals surface area (Å²) in [6, 6.07) is 12.6. The predicted molar refractivity (Wildman–Crippen MR) is 175 cm³/mol. The summed E-state index contributed by atoms with van der Waals surface area (Å²) in [5, 5.41) is 0. The summed E-state index contributed by atoms with van der Waals surface area (Å²) in [6.07, 6.45) is 10.5. The van der Waals surface area contributed by atoms with Crippen molar-refractivity contribution in [2.75, 3.05) is 67.5 Å². The van der Waals surface area contributed by atoms with Crippen LogP contribution in [-0.4, -0.2) is 86.4 Å². The lowest BCUT2D eigenvalue weighted by molar-refractivity contribution is -0.890. The minimum Gasteiger partial charge on any atom is -0.441 e. The first-order valence-corrected chi connectivity index (χ1v) is 15.5. The molecule has 0 saturated heterocycles. The summed E-state index contributed by atoms with van der Waals surface area (Å²) in [4.78, 5) is 8.88. The van der Waals surface area contributed by atoms with E-state index in [1.54, 1.807) is 0 Å². The maximum atomic E-state index is 5.65. The fourth-order valence-corrected chi connectivity index (χ4v) is 5.29. The van der Waals surface area contributed by atoms with E-state index in [-0.39, 0.29) is 0 Å². The highest BCUT2D eigenvalue weighted by atomic mass is 16.3. The van der Waals surface area contributed by atoms with Gasteiger partial charge in [0.15, 0.2) is 17.1 Å². The maximum absolute atomic E-state index is 5.65. The Bertz CT molecular complexity index is 1400. The summed E-state index contributed by atoms with van der Waals surface area (Å²) < 4.78 is 13.2. The van der Waals surface area contributed by atoms with Gasteiger partial charge in [0, 0.05) is 32.6 Å². The van der Waals surface area contributed by atoms with Crippen LogP contribution in [0.15, 0.2) is 51.3 Å². The van der Waals surface area contributed by atoms with Crippen LogP contribution >= 0.6 is 0 Å². The van der Waals surface area contributed by atoms with Gasteiger partial charge in [-0.1, -0.05) is 18.2 Å². The van der Waals surface area contributed by atoms with Crippen LogP contribution in [0.2, 0.25) is 0 Å². The highest BCUT2D eigenvalue weighted by Gasteiger charge is 2.15. The zero-order valence-electron chi connectivity index (χ0n) is 26.9. The largest absolute Gasteiger partial charge is 0.441 e. The van der Waals surface area contributed by atoms with Crippen molar-refractivity contribution >= 4 is 28.3 Å². The number of oxazole rings is 2. The van der Waals surface area contributed by atoms with Crippen LogP contribution in [0.1, 0.15) is 55.5 Å². The second-order valence-corrected chi connectivity index (χ2v) is 12.6. The Morgan fingerprint density at radius 1 is 0.690 bits per heavy atom. The van der Waals surface area contributed by atoms with Gasteiger partial charge >= 0.3 is 0 Å². The molecule has 2 aromatic carbocycles. The molecule has 2 heterocycles. The van der Waals surface area contributed by atoms with E-state index in [9.17, 15) is 0 Å². The maximum Gasteiger partial charge on any atom is 0.219 e. The van der Waals surface area contributed by atoms with Crippen LogP contribution in [0.25, 0.3) is 28.3 Å². The average molecular weight is 579 g/mol. The molecule has 8 heteroatoms. The SMILES string of the molecule is C/C=C/c1nc2cc(CCC[N+](C)(C)CCCN)ccc2o1.Cc1nc2cc(CCC[N+](C)(C)CCCN)ccc2o1. The number of hydrogen-bond acceptors (Lipinski definition) is 6. The minimum atomic E-state index is 0.675. The van der Waals surface area contributed by atoms with Gasteiger partial charge in [-0.05, 0) is 74.3 Å². The number of fused-ring (bicyclic) bond motifs is 2. The number of hydrogen-bond donors (Lipinski definition) is 2. The van der Waals surface area contributed by atoms with Gasteiger partial charge in [0.05, 0.1) is 54.4 Å². The van der Waals surface area contributed by atoms with E-state index < -0.39 is 0 Å². The molecule has 0 saturated carbocycles. The molecule has 4 rings (SSSR count). The topological polar surface area (TPSA) is 104 Å². The van der Waals surface area contributed by atoms with Crippen LogP contribution in [-0.2, 0) is 12.8 Å². The number of allylic oxidation sites excluding steroid dienone is 1. The zero-order valence-corrected chi connectivity index (χ0v) is 26.9. The molecule has 0 spiro atoms. The summed E-state index contributed by atoms with van der Waals surface area (Å²) in [7, 11) is 9.11. The second kappa shape index (κ2) is 16.0. The van der Waals surface area contributed by atoms with E-state index in [2.05, 4.69) is 62.4 Å². The molecule has 0 atom stereocenters. The summed E-state index contributed by atoms with van der Waals surface area (Å²) in [5.41, 5.74) is 17.5. The molecule has 230 valence electrons. The fourth-order valence-electron chi connectivity index (χ4n) is 5.29. The number of aromatic nitrogens is 2. The van der Waals surface area contributed by atoms with Gasteiger partial charge in [-0.25, -0.2) is 9.97 Å². The van der Waals surface area contributed by atoms with Gasteiger partial charge in [0.1, 0.15) is 11.0 Å². The molecule has 0 bridgehead atoms. The molecule has 42 heavy (non-hydrogen) atoms. The fraction of sp³-hybridized carbons (Fsp3) is 0.529. The third kappa shape index (κ3) is 11.0. The minimum absolute atomic E-state index is 0.675. The van der Waals surface area contributed by atoms with E-state index in [0.717, 1.165) is 88.9 Å². The normalized spacial score (nSPS) is 12.4. The van der Waals surface area contributed by atoms with Crippen LogP contribution < -0.4 is 11.5 Å². The van der Waals surface area contributed by atoms with Gasteiger partial charge in [0.2, 0.25) is 5.89 Å². The van der Waals surface area contributed by atoms with Crippen LogP contribution in [0.5, 0.6) is 0 Å². The van der Waals surface area contributed by atoms with Crippen molar-refractivity contribution in [2.24, 2.45) is 11.5 Å². The first-order valence-electron chi connectivity index (χ1n) is 15.5. The summed E-state index contributed by atoms with van der Waals surface area (Å²) in [6.45, 7) is 10.0. The molecule has 0 aliphatic heterocycles. The lowest BCUT2D eigenvalue weighted by Gasteiger charge is -2.29. The summed E-state index contributed by atoms with van der Waals surface area (Å²) in [5.74, 6) is 1.41. The first-order chi connectivity index (χ1) is 20.0. The Morgan fingerprint density at radius 3 is 1.67 bits per heavy atom. The molecule has 2 aromatic heterocycles. The van der Waals surface area contributed by atoms with Crippen molar-refractivity contribution in [3.63, 3.8) is 0 Å². The zero-order chi connectivity index (χ0) is 30.6. The molecule has 0 unspecified atom stereocenters. The lowest BCUT2D eigenvalue weighted by atomic mass is 10.1. The molecule has 0 fully saturated rings. The number of rotatable bonds is 15. The van der Waals surface area contributed by atoms with Gasteiger partial charge in [-0.2, -0.15) is 0 Å². The highest BCUT2D eigenvalue weighted by Crippen LogP contribution is 2.20. The molecule has 0 amide bonds. The van der Waals surface area contributed by atoms with Crippen LogP contribution in [0.3, 0.4) is 0 Å². The Balaban J connectivity index is 0.000000231. The van der Waals surface area contributed by atoms with Crippen molar-refractivity contribution in [1.29, 1.82) is 0 Å². The Kier molecular flexibility index (Phi) is 12.7. The number of nitrogens with zero attached hydrogens (tertiary/aromatic N) is 4. The van der Waals surface area contributed by atoms with Gasteiger partial charge < -0.3 is 29.3 Å². The number of benzene rings is 2.